The third-order valence-electron chi connectivity index (χ3n) is 6.12. The number of carbonyl (C=O) groups is 2. The predicted molar refractivity (Wildman–Crippen MR) is 119 cm³/mol. The zero-order chi connectivity index (χ0) is 24.3. The number of halogens is 3. The second kappa shape index (κ2) is 9.82. The van der Waals surface area contributed by atoms with Crippen LogP contribution in [0.1, 0.15) is 36.2 Å². The summed E-state index contributed by atoms with van der Waals surface area (Å²) in [6.07, 6.45) is 0.775. The Kier molecular flexibility index (Phi) is 6.85. The van der Waals surface area contributed by atoms with Gasteiger partial charge in [-0.25, -0.2) is 0 Å². The molecule has 1 aliphatic rings. The molecule has 0 saturated carbocycles. The molecule has 3 aromatic rings. The first-order chi connectivity index (χ1) is 16.2. The van der Waals surface area contributed by atoms with E-state index in [1.54, 1.807) is 42.3 Å². The van der Waals surface area contributed by atoms with E-state index >= 15 is 0 Å². The largest absolute Gasteiger partial charge is 0.435 e. The van der Waals surface area contributed by atoms with Gasteiger partial charge < -0.3 is 4.90 Å². The van der Waals surface area contributed by atoms with Crippen molar-refractivity contribution >= 4 is 17.4 Å². The number of nitrogens with zero attached hydrogens (tertiary/aromatic N) is 5. The third kappa shape index (κ3) is 5.21. The lowest BCUT2D eigenvalue weighted by atomic mass is 9.95. The SMILES string of the molecule is CN(C(=O)[C@@H](CC(=O)Cn1nc(C(F)(F)F)c2c1CCCC2)Cn1cccn1)c1ccccc1. The van der Waals surface area contributed by atoms with Crippen molar-refractivity contribution < 1.29 is 22.8 Å². The van der Waals surface area contributed by atoms with E-state index in [1.807, 2.05) is 18.2 Å². The maximum atomic E-state index is 13.5. The molecule has 2 heterocycles. The topological polar surface area (TPSA) is 73.0 Å². The Bertz CT molecular complexity index is 1140. The number of benzene rings is 1. The number of para-hydroxylation sites is 1. The minimum absolute atomic E-state index is 0.133. The highest BCUT2D eigenvalue weighted by Gasteiger charge is 2.39. The van der Waals surface area contributed by atoms with E-state index in [1.165, 1.54) is 9.58 Å². The lowest BCUT2D eigenvalue weighted by Crippen LogP contribution is -2.37. The fourth-order valence-electron chi connectivity index (χ4n) is 4.45. The minimum Gasteiger partial charge on any atom is -0.315 e. The number of hydrogen-bond acceptors (Lipinski definition) is 4. The van der Waals surface area contributed by atoms with Crippen LogP contribution in [0, 0.1) is 5.92 Å². The highest BCUT2D eigenvalue weighted by Crippen LogP contribution is 2.35. The summed E-state index contributed by atoms with van der Waals surface area (Å²) in [6.45, 7) is -0.115. The molecule has 1 aliphatic carbocycles. The number of Topliss-reactive ketones (excluding diaryl/α,β-unsaturated/α-hetero) is 1. The van der Waals surface area contributed by atoms with Crippen LogP contribution >= 0.6 is 0 Å². The number of anilines is 1. The number of aromatic nitrogens is 4. The van der Waals surface area contributed by atoms with Crippen LogP contribution in [-0.4, -0.2) is 38.3 Å². The third-order valence-corrected chi connectivity index (χ3v) is 6.12. The van der Waals surface area contributed by atoms with E-state index in [-0.39, 0.29) is 36.8 Å². The number of amides is 1. The zero-order valence-corrected chi connectivity index (χ0v) is 18.8. The van der Waals surface area contributed by atoms with Crippen LogP contribution in [0.15, 0.2) is 48.8 Å². The van der Waals surface area contributed by atoms with Crippen molar-refractivity contribution in [1.82, 2.24) is 19.6 Å². The lowest BCUT2D eigenvalue weighted by molar-refractivity contribution is -0.142. The van der Waals surface area contributed by atoms with Crippen molar-refractivity contribution in [3.05, 3.63) is 65.7 Å². The molecular weight excluding hydrogens is 447 g/mol. The van der Waals surface area contributed by atoms with Gasteiger partial charge in [-0.1, -0.05) is 18.2 Å². The summed E-state index contributed by atoms with van der Waals surface area (Å²) < 4.78 is 43.2. The van der Waals surface area contributed by atoms with Crippen molar-refractivity contribution in [1.29, 1.82) is 0 Å². The van der Waals surface area contributed by atoms with Gasteiger partial charge in [-0.05, 0) is 43.9 Å². The summed E-state index contributed by atoms with van der Waals surface area (Å²) in [5.41, 5.74) is 0.451. The van der Waals surface area contributed by atoms with Gasteiger partial charge in [-0.15, -0.1) is 0 Å². The molecule has 1 aromatic carbocycles. The molecule has 0 bridgehead atoms. The van der Waals surface area contributed by atoms with Gasteiger partial charge in [0.25, 0.3) is 0 Å². The van der Waals surface area contributed by atoms with Crippen molar-refractivity contribution in [2.24, 2.45) is 5.92 Å². The molecule has 0 fully saturated rings. The molecule has 0 aliphatic heterocycles. The van der Waals surface area contributed by atoms with E-state index in [0.29, 0.717) is 30.6 Å². The van der Waals surface area contributed by atoms with Gasteiger partial charge >= 0.3 is 6.18 Å². The number of carbonyl (C=O) groups excluding carboxylic acids is 2. The molecule has 10 heteroatoms. The van der Waals surface area contributed by atoms with E-state index in [9.17, 15) is 22.8 Å². The van der Waals surface area contributed by atoms with Crippen molar-refractivity contribution in [2.45, 2.75) is 51.4 Å². The molecule has 0 spiro atoms. The summed E-state index contributed by atoms with van der Waals surface area (Å²) >= 11 is 0. The average molecular weight is 473 g/mol. The first-order valence-electron chi connectivity index (χ1n) is 11.2. The standard InChI is InChI=1S/C24H26F3N5O2/c1-30(18-8-3-2-4-9-18)23(34)17(15-31-13-7-12-28-31)14-19(33)16-32-21-11-6-5-10-20(21)22(29-32)24(25,26)27/h2-4,7-9,12-13,17H,5-6,10-11,14-16H2,1H3/t17-/m0/s1. The van der Waals surface area contributed by atoms with Gasteiger partial charge in [0.1, 0.15) is 0 Å². The zero-order valence-electron chi connectivity index (χ0n) is 18.8. The second-order valence-electron chi connectivity index (χ2n) is 8.54. The molecule has 0 saturated heterocycles. The van der Waals surface area contributed by atoms with Gasteiger partial charge in [-0.3, -0.25) is 19.0 Å². The van der Waals surface area contributed by atoms with Crippen LogP contribution < -0.4 is 4.90 Å². The lowest BCUT2D eigenvalue weighted by Gasteiger charge is -2.24. The van der Waals surface area contributed by atoms with Crippen LogP contribution in [0.5, 0.6) is 0 Å². The average Bonchev–Trinajstić information content (AvgIpc) is 3.46. The van der Waals surface area contributed by atoms with Crippen LogP contribution in [-0.2, 0) is 41.7 Å². The van der Waals surface area contributed by atoms with Crippen LogP contribution in [0.2, 0.25) is 0 Å². The molecule has 1 atom stereocenters. The molecular formula is C24H26F3N5O2. The van der Waals surface area contributed by atoms with E-state index in [2.05, 4.69) is 10.2 Å². The highest BCUT2D eigenvalue weighted by atomic mass is 19.4. The number of ketones is 1. The van der Waals surface area contributed by atoms with E-state index in [0.717, 1.165) is 6.42 Å². The molecule has 7 nitrogen and oxygen atoms in total. The van der Waals surface area contributed by atoms with Crippen molar-refractivity contribution in [3.8, 4) is 0 Å². The number of rotatable bonds is 8. The Morgan fingerprint density at radius 2 is 1.85 bits per heavy atom. The Morgan fingerprint density at radius 3 is 2.53 bits per heavy atom. The summed E-state index contributed by atoms with van der Waals surface area (Å²) in [7, 11) is 1.64. The van der Waals surface area contributed by atoms with Gasteiger partial charge in [0, 0.05) is 42.8 Å². The van der Waals surface area contributed by atoms with Crippen LogP contribution in [0.4, 0.5) is 18.9 Å². The van der Waals surface area contributed by atoms with Gasteiger partial charge in [0.05, 0.1) is 19.0 Å². The summed E-state index contributed by atoms with van der Waals surface area (Å²) in [5, 5.41) is 7.91. The minimum atomic E-state index is -4.56. The fraction of sp³-hybridized carbons (Fsp3) is 0.417. The smallest absolute Gasteiger partial charge is 0.315 e. The predicted octanol–water partition coefficient (Wildman–Crippen LogP) is 3.92. The first-order valence-corrected chi connectivity index (χ1v) is 11.2. The van der Waals surface area contributed by atoms with E-state index in [4.69, 9.17) is 0 Å². The Morgan fingerprint density at radius 1 is 1.12 bits per heavy atom. The normalized spacial score (nSPS) is 14.5. The molecule has 2 aromatic heterocycles. The quantitative estimate of drug-likeness (QED) is 0.497. The Labute approximate surface area is 195 Å². The second-order valence-corrected chi connectivity index (χ2v) is 8.54. The van der Waals surface area contributed by atoms with Gasteiger partial charge in [0.2, 0.25) is 5.91 Å². The summed E-state index contributed by atoms with van der Waals surface area (Å²) in [4.78, 5) is 27.8. The highest BCUT2D eigenvalue weighted by molar-refractivity contribution is 5.97. The van der Waals surface area contributed by atoms with Crippen molar-refractivity contribution in [3.63, 3.8) is 0 Å². The number of alkyl halides is 3. The van der Waals surface area contributed by atoms with Crippen molar-refractivity contribution in [2.75, 3.05) is 11.9 Å². The van der Waals surface area contributed by atoms with Crippen LogP contribution in [0.25, 0.3) is 0 Å². The van der Waals surface area contributed by atoms with Crippen LogP contribution in [0.3, 0.4) is 0 Å². The fourth-order valence-corrected chi connectivity index (χ4v) is 4.45. The summed E-state index contributed by atoms with van der Waals surface area (Å²) in [6, 6.07) is 10.8. The monoisotopic (exact) mass is 473 g/mol. The molecule has 0 unspecified atom stereocenters. The van der Waals surface area contributed by atoms with Gasteiger partial charge in [-0.2, -0.15) is 23.4 Å². The maximum absolute atomic E-state index is 13.5. The Balaban J connectivity index is 1.54. The van der Waals surface area contributed by atoms with Gasteiger partial charge in [0.15, 0.2) is 11.5 Å². The molecule has 34 heavy (non-hydrogen) atoms. The maximum Gasteiger partial charge on any atom is 0.435 e. The summed E-state index contributed by atoms with van der Waals surface area (Å²) in [5.74, 6) is -1.35. The first kappa shape index (κ1) is 23.7. The van der Waals surface area contributed by atoms with E-state index < -0.39 is 17.8 Å². The number of fused-ring (bicyclic) bond motifs is 1. The Hall–Kier alpha value is -3.43. The number of hydrogen-bond donors (Lipinski definition) is 0. The molecule has 180 valence electrons. The molecule has 1 amide bonds. The molecule has 4 rings (SSSR count). The molecule has 0 radical (unpaired) electrons. The molecule has 0 N–H and O–H groups in total.